The molecule has 0 saturated heterocycles. The SMILES string of the molecule is O=[N+]([O-])c1ccc(OCCNC2CCCCC2CO)cc1. The lowest BCUT2D eigenvalue weighted by molar-refractivity contribution is -0.384. The first-order valence-electron chi connectivity index (χ1n) is 7.42. The molecule has 1 saturated carbocycles. The molecule has 1 aromatic rings. The van der Waals surface area contributed by atoms with Crippen LogP contribution in [-0.2, 0) is 0 Å². The maximum atomic E-state index is 10.5. The molecule has 116 valence electrons. The zero-order valence-electron chi connectivity index (χ0n) is 12.0. The van der Waals surface area contributed by atoms with Crippen molar-refractivity contribution in [1.29, 1.82) is 0 Å². The van der Waals surface area contributed by atoms with Crippen LogP contribution >= 0.6 is 0 Å². The number of non-ortho nitro benzene ring substituents is 1. The molecular formula is C15H22N2O4. The minimum atomic E-state index is -0.427. The average molecular weight is 294 g/mol. The molecule has 1 fully saturated rings. The van der Waals surface area contributed by atoms with Gasteiger partial charge in [-0.15, -0.1) is 0 Å². The number of nitrogens with zero attached hydrogens (tertiary/aromatic N) is 1. The molecule has 0 aromatic heterocycles. The maximum absolute atomic E-state index is 10.5. The highest BCUT2D eigenvalue weighted by Gasteiger charge is 2.23. The van der Waals surface area contributed by atoms with Crippen molar-refractivity contribution in [3.05, 3.63) is 34.4 Å². The lowest BCUT2D eigenvalue weighted by Gasteiger charge is -2.31. The Morgan fingerprint density at radius 1 is 1.29 bits per heavy atom. The minimum absolute atomic E-state index is 0.0634. The van der Waals surface area contributed by atoms with Crippen LogP contribution in [0.1, 0.15) is 25.7 Å². The summed E-state index contributed by atoms with van der Waals surface area (Å²) in [7, 11) is 0. The fraction of sp³-hybridized carbons (Fsp3) is 0.600. The van der Waals surface area contributed by atoms with Gasteiger partial charge in [0.2, 0.25) is 0 Å². The summed E-state index contributed by atoms with van der Waals surface area (Å²) in [4.78, 5) is 10.1. The van der Waals surface area contributed by atoms with E-state index in [0.29, 0.717) is 30.9 Å². The summed E-state index contributed by atoms with van der Waals surface area (Å²) in [6.45, 7) is 1.45. The van der Waals surface area contributed by atoms with Crippen molar-refractivity contribution in [2.75, 3.05) is 19.8 Å². The van der Waals surface area contributed by atoms with E-state index in [-0.39, 0.29) is 12.3 Å². The summed E-state index contributed by atoms with van der Waals surface area (Å²) >= 11 is 0. The number of aliphatic hydroxyl groups excluding tert-OH is 1. The highest BCUT2D eigenvalue weighted by Crippen LogP contribution is 2.23. The van der Waals surface area contributed by atoms with E-state index < -0.39 is 4.92 Å². The molecule has 0 bridgehead atoms. The molecule has 0 aliphatic heterocycles. The summed E-state index contributed by atoms with van der Waals surface area (Å²) in [5, 5.41) is 23.3. The predicted octanol–water partition coefficient (Wildman–Crippen LogP) is 2.11. The van der Waals surface area contributed by atoms with Crippen LogP contribution in [0.4, 0.5) is 5.69 Å². The summed E-state index contributed by atoms with van der Waals surface area (Å²) in [6.07, 6.45) is 4.58. The lowest BCUT2D eigenvalue weighted by atomic mass is 9.85. The van der Waals surface area contributed by atoms with Crippen molar-refractivity contribution in [3.8, 4) is 5.75 Å². The van der Waals surface area contributed by atoms with Crippen molar-refractivity contribution in [1.82, 2.24) is 5.32 Å². The van der Waals surface area contributed by atoms with Crippen LogP contribution in [0.15, 0.2) is 24.3 Å². The number of hydrogen-bond acceptors (Lipinski definition) is 5. The molecule has 2 unspecified atom stereocenters. The van der Waals surface area contributed by atoms with Gasteiger partial charge in [0.25, 0.3) is 5.69 Å². The molecule has 6 heteroatoms. The van der Waals surface area contributed by atoms with E-state index in [1.807, 2.05) is 0 Å². The second-order valence-electron chi connectivity index (χ2n) is 5.39. The molecule has 0 radical (unpaired) electrons. The van der Waals surface area contributed by atoms with Crippen molar-refractivity contribution in [3.63, 3.8) is 0 Å². The minimum Gasteiger partial charge on any atom is -0.492 e. The first kappa shape index (κ1) is 15.7. The number of nitro groups is 1. The van der Waals surface area contributed by atoms with Gasteiger partial charge in [-0.3, -0.25) is 10.1 Å². The average Bonchev–Trinajstić information content (AvgIpc) is 2.52. The Morgan fingerprint density at radius 3 is 2.67 bits per heavy atom. The van der Waals surface area contributed by atoms with Gasteiger partial charge in [-0.2, -0.15) is 0 Å². The molecule has 0 amide bonds. The third-order valence-electron chi connectivity index (χ3n) is 3.97. The fourth-order valence-electron chi connectivity index (χ4n) is 2.77. The van der Waals surface area contributed by atoms with Crippen molar-refractivity contribution >= 4 is 5.69 Å². The second kappa shape index (κ2) is 7.95. The largest absolute Gasteiger partial charge is 0.492 e. The number of nitrogens with one attached hydrogen (secondary N) is 1. The van der Waals surface area contributed by atoms with Gasteiger partial charge in [0.15, 0.2) is 0 Å². The number of aliphatic hydroxyl groups is 1. The molecule has 1 aliphatic carbocycles. The molecule has 0 heterocycles. The Labute approximate surface area is 124 Å². The first-order valence-corrected chi connectivity index (χ1v) is 7.42. The zero-order valence-corrected chi connectivity index (χ0v) is 12.0. The molecule has 2 atom stereocenters. The van der Waals surface area contributed by atoms with Gasteiger partial charge in [-0.05, 0) is 30.9 Å². The molecule has 2 rings (SSSR count). The Balaban J connectivity index is 1.70. The Morgan fingerprint density at radius 2 is 2.00 bits per heavy atom. The standard InChI is InChI=1S/C15H22N2O4/c18-11-12-3-1-2-4-15(12)16-9-10-21-14-7-5-13(6-8-14)17(19)20/h5-8,12,15-16,18H,1-4,9-11H2. The number of hydrogen-bond donors (Lipinski definition) is 2. The van der Waals surface area contributed by atoms with Crippen LogP contribution < -0.4 is 10.1 Å². The monoisotopic (exact) mass is 294 g/mol. The van der Waals surface area contributed by atoms with Gasteiger partial charge in [0.05, 0.1) is 4.92 Å². The van der Waals surface area contributed by atoms with E-state index in [9.17, 15) is 15.2 Å². The highest BCUT2D eigenvalue weighted by molar-refractivity contribution is 5.35. The van der Waals surface area contributed by atoms with Gasteiger partial charge < -0.3 is 15.2 Å². The Kier molecular flexibility index (Phi) is 5.95. The van der Waals surface area contributed by atoms with Gasteiger partial charge in [-0.25, -0.2) is 0 Å². The number of rotatable bonds is 7. The Bertz CT molecular complexity index is 449. The molecule has 21 heavy (non-hydrogen) atoms. The molecule has 2 N–H and O–H groups in total. The molecule has 0 spiro atoms. The first-order chi connectivity index (χ1) is 10.2. The summed E-state index contributed by atoms with van der Waals surface area (Å²) in [5.74, 6) is 0.975. The van der Waals surface area contributed by atoms with Gasteiger partial charge in [0.1, 0.15) is 12.4 Å². The van der Waals surface area contributed by atoms with Gasteiger partial charge >= 0.3 is 0 Å². The van der Waals surface area contributed by atoms with E-state index >= 15 is 0 Å². The van der Waals surface area contributed by atoms with Crippen LogP contribution in [0.3, 0.4) is 0 Å². The number of nitro benzene ring substituents is 1. The van der Waals surface area contributed by atoms with E-state index in [1.165, 1.54) is 25.0 Å². The zero-order chi connectivity index (χ0) is 15.1. The normalized spacial score (nSPS) is 22.0. The van der Waals surface area contributed by atoms with E-state index in [2.05, 4.69) is 5.32 Å². The third-order valence-corrected chi connectivity index (χ3v) is 3.97. The number of benzene rings is 1. The maximum Gasteiger partial charge on any atom is 0.269 e. The summed E-state index contributed by atoms with van der Waals surface area (Å²) < 4.78 is 5.55. The third kappa shape index (κ3) is 4.68. The van der Waals surface area contributed by atoms with Crippen molar-refractivity contribution in [2.45, 2.75) is 31.7 Å². The van der Waals surface area contributed by atoms with Crippen molar-refractivity contribution in [2.24, 2.45) is 5.92 Å². The molecule has 1 aliphatic rings. The summed E-state index contributed by atoms with van der Waals surface area (Å²) in [6, 6.07) is 6.45. The molecule has 6 nitrogen and oxygen atoms in total. The molecular weight excluding hydrogens is 272 g/mol. The van der Waals surface area contributed by atoms with Crippen LogP contribution in [0.2, 0.25) is 0 Å². The van der Waals surface area contributed by atoms with Crippen LogP contribution in [0, 0.1) is 16.0 Å². The smallest absolute Gasteiger partial charge is 0.269 e. The fourth-order valence-corrected chi connectivity index (χ4v) is 2.77. The second-order valence-corrected chi connectivity index (χ2v) is 5.39. The number of ether oxygens (including phenoxy) is 1. The lowest BCUT2D eigenvalue weighted by Crippen LogP contribution is -2.41. The Hall–Kier alpha value is -1.66. The van der Waals surface area contributed by atoms with Gasteiger partial charge in [0, 0.05) is 31.3 Å². The van der Waals surface area contributed by atoms with E-state index in [0.717, 1.165) is 12.8 Å². The van der Waals surface area contributed by atoms with Crippen molar-refractivity contribution < 1.29 is 14.8 Å². The quantitative estimate of drug-likeness (QED) is 0.457. The topological polar surface area (TPSA) is 84.6 Å². The summed E-state index contributed by atoms with van der Waals surface area (Å²) in [5.41, 5.74) is 0.0634. The van der Waals surface area contributed by atoms with E-state index in [4.69, 9.17) is 4.74 Å². The van der Waals surface area contributed by atoms with Crippen LogP contribution in [0.5, 0.6) is 5.75 Å². The molecule has 1 aromatic carbocycles. The van der Waals surface area contributed by atoms with Gasteiger partial charge in [-0.1, -0.05) is 12.8 Å². The predicted molar refractivity (Wildman–Crippen MR) is 79.4 cm³/mol. The van der Waals surface area contributed by atoms with Crippen LogP contribution in [-0.4, -0.2) is 35.8 Å². The van der Waals surface area contributed by atoms with Crippen LogP contribution in [0.25, 0.3) is 0 Å². The highest BCUT2D eigenvalue weighted by atomic mass is 16.6. The van der Waals surface area contributed by atoms with E-state index in [1.54, 1.807) is 12.1 Å².